The van der Waals surface area contributed by atoms with Crippen molar-refractivity contribution in [2.45, 2.75) is 0 Å². The fourth-order valence-electron chi connectivity index (χ4n) is 0. The molecule has 10 heavy (non-hydrogen) atoms. The van der Waals surface area contributed by atoms with Crippen molar-refractivity contribution in [1.29, 1.82) is 0 Å². The van der Waals surface area contributed by atoms with Gasteiger partial charge in [-0.05, 0) is 0 Å². The van der Waals surface area contributed by atoms with E-state index < -0.39 is 16.4 Å². The Hall–Kier alpha value is -0.810. The highest BCUT2D eigenvalue weighted by molar-refractivity contribution is 7.73. The van der Waals surface area contributed by atoms with Crippen LogP contribution in [0, 0.1) is 10.1 Å². The van der Waals surface area contributed by atoms with E-state index in [0.29, 0.717) is 0 Å². The van der Waals surface area contributed by atoms with Crippen molar-refractivity contribution >= 4 is 11.4 Å². The van der Waals surface area contributed by atoms with Crippen LogP contribution < -0.4 is 12.3 Å². The van der Waals surface area contributed by atoms with E-state index in [1.165, 1.54) is 0 Å². The SMILES string of the molecule is N.N.O=S(O)O.O=[N+]([O-])O. The summed E-state index contributed by atoms with van der Waals surface area (Å²) in [6.07, 6.45) is 0. The van der Waals surface area contributed by atoms with Gasteiger partial charge in [0.1, 0.15) is 0 Å². The summed E-state index contributed by atoms with van der Waals surface area (Å²) < 4.78 is 22.8. The minimum absolute atomic E-state index is 0. The zero-order valence-electron chi connectivity index (χ0n) is 4.84. The minimum atomic E-state index is -2.61. The maximum Gasteiger partial charge on any atom is 0.299 e. The molecule has 66 valence electrons. The first-order chi connectivity index (χ1) is 3.46. The molecule has 0 fully saturated rings. The predicted octanol–water partition coefficient (Wildman–Crippen LogP) is -0.343. The van der Waals surface area contributed by atoms with Gasteiger partial charge in [0.15, 0.2) is 0 Å². The summed E-state index contributed by atoms with van der Waals surface area (Å²) in [7, 11) is 0. The average Bonchev–Trinajstić information content (AvgIpc) is 1.25. The minimum Gasteiger partial charge on any atom is -0.344 e. The van der Waals surface area contributed by atoms with Crippen molar-refractivity contribution in [1.82, 2.24) is 12.3 Å². The Bertz CT molecular complexity index is 71.0. The van der Waals surface area contributed by atoms with E-state index in [-0.39, 0.29) is 12.3 Å². The van der Waals surface area contributed by atoms with E-state index in [1.807, 2.05) is 0 Å². The van der Waals surface area contributed by atoms with Gasteiger partial charge in [-0.3, -0.25) is 9.11 Å². The van der Waals surface area contributed by atoms with Gasteiger partial charge in [-0.15, -0.1) is 10.1 Å². The normalized spacial score (nSPS) is 5.90. The van der Waals surface area contributed by atoms with Crippen LogP contribution in [0.25, 0.3) is 0 Å². The number of nitrogens with zero attached hydrogens (tertiary/aromatic N) is 1. The molecule has 0 heterocycles. The molecule has 9 N–H and O–H groups in total. The zero-order valence-corrected chi connectivity index (χ0v) is 5.65. The van der Waals surface area contributed by atoms with Gasteiger partial charge in [-0.2, -0.15) is 4.21 Å². The molecule has 0 rings (SSSR count). The average molecular weight is 179 g/mol. The van der Waals surface area contributed by atoms with Gasteiger partial charge in [-0.25, -0.2) is 0 Å². The highest BCUT2D eigenvalue weighted by atomic mass is 32.2. The van der Waals surface area contributed by atoms with E-state index in [9.17, 15) is 0 Å². The van der Waals surface area contributed by atoms with Crippen LogP contribution in [-0.2, 0) is 11.4 Å². The first-order valence-corrected chi connectivity index (χ1v) is 2.16. The van der Waals surface area contributed by atoms with E-state index in [2.05, 4.69) is 0 Å². The summed E-state index contributed by atoms with van der Waals surface area (Å²) in [5, 5.41) is 13.6. The van der Waals surface area contributed by atoms with Crippen molar-refractivity contribution in [2.24, 2.45) is 0 Å². The van der Waals surface area contributed by atoms with Crippen molar-refractivity contribution < 1.29 is 23.6 Å². The molecule has 0 atom stereocenters. The molecule has 0 aliphatic carbocycles. The molecule has 0 amide bonds. The van der Waals surface area contributed by atoms with Gasteiger partial charge < -0.3 is 17.5 Å². The molecule has 0 aliphatic heterocycles. The third-order valence-corrected chi connectivity index (χ3v) is 0. The summed E-state index contributed by atoms with van der Waals surface area (Å²) in [6.45, 7) is 0. The van der Waals surface area contributed by atoms with Crippen LogP contribution in [0.2, 0.25) is 0 Å². The Kier molecular flexibility index (Phi) is 36.0. The Labute approximate surface area is 58.4 Å². The van der Waals surface area contributed by atoms with E-state index >= 15 is 0 Å². The van der Waals surface area contributed by atoms with E-state index in [0.717, 1.165) is 0 Å². The summed E-state index contributed by atoms with van der Waals surface area (Å²) in [4.78, 5) is 8.36. The molecule has 0 saturated carbocycles. The summed E-state index contributed by atoms with van der Waals surface area (Å²) in [5.74, 6) is 0. The summed E-state index contributed by atoms with van der Waals surface area (Å²) in [6, 6.07) is 0. The monoisotopic (exact) mass is 179 g/mol. The van der Waals surface area contributed by atoms with Gasteiger partial charge in [-0.1, -0.05) is 0 Å². The van der Waals surface area contributed by atoms with Crippen molar-refractivity contribution in [3.05, 3.63) is 10.1 Å². The lowest BCUT2D eigenvalue weighted by molar-refractivity contribution is -0.742. The van der Waals surface area contributed by atoms with Crippen molar-refractivity contribution in [3.63, 3.8) is 0 Å². The molecule has 0 aromatic rings. The lowest BCUT2D eigenvalue weighted by Gasteiger charge is -1.59. The van der Waals surface area contributed by atoms with Crippen LogP contribution >= 0.6 is 0 Å². The molecule has 0 saturated heterocycles. The quantitative estimate of drug-likeness (QED) is 0.189. The lowest BCUT2D eigenvalue weighted by Crippen LogP contribution is -1.81. The fourth-order valence-corrected chi connectivity index (χ4v) is 0. The molecule has 0 aliphatic rings. The zero-order chi connectivity index (χ0) is 7.15. The van der Waals surface area contributed by atoms with Gasteiger partial charge in [0, 0.05) is 0 Å². The molecule has 9 nitrogen and oxygen atoms in total. The molecule has 0 bridgehead atoms. The van der Waals surface area contributed by atoms with Crippen molar-refractivity contribution in [2.75, 3.05) is 0 Å². The van der Waals surface area contributed by atoms with Gasteiger partial charge in [0.25, 0.3) is 16.4 Å². The van der Waals surface area contributed by atoms with Crippen LogP contribution in [-0.4, -0.2) is 23.6 Å². The van der Waals surface area contributed by atoms with Crippen LogP contribution in [0.3, 0.4) is 0 Å². The third-order valence-electron chi connectivity index (χ3n) is 0. The largest absolute Gasteiger partial charge is 0.344 e. The van der Waals surface area contributed by atoms with Crippen molar-refractivity contribution in [3.8, 4) is 0 Å². The maximum atomic E-state index is 8.67. The van der Waals surface area contributed by atoms with Crippen LogP contribution in [0.4, 0.5) is 0 Å². The Balaban J connectivity index is -0.0000000300. The standard InChI is InChI=1S/HNO3.2H3N.H2O3S/c2-1(3)4;;;1-4(2)3/h(H,2,3,4);2*1H3;(H2,1,2,3). The second-order valence-corrected chi connectivity index (χ2v) is 0.930. The van der Waals surface area contributed by atoms with Crippen LogP contribution in [0.1, 0.15) is 0 Å². The molecular weight excluding hydrogens is 170 g/mol. The van der Waals surface area contributed by atoms with Crippen LogP contribution in [0.5, 0.6) is 0 Å². The molecule has 10 heteroatoms. The highest BCUT2D eigenvalue weighted by Gasteiger charge is 1.65. The number of rotatable bonds is 0. The maximum absolute atomic E-state index is 8.67. The highest BCUT2D eigenvalue weighted by Crippen LogP contribution is 1.44. The molecule has 0 aromatic heterocycles. The first-order valence-electron chi connectivity index (χ1n) is 1.10. The first kappa shape index (κ1) is 22.9. The van der Waals surface area contributed by atoms with Gasteiger partial charge in [0.05, 0.1) is 0 Å². The van der Waals surface area contributed by atoms with Crippen LogP contribution in [0.15, 0.2) is 0 Å². The van der Waals surface area contributed by atoms with E-state index in [4.69, 9.17) is 28.6 Å². The van der Waals surface area contributed by atoms with Gasteiger partial charge >= 0.3 is 0 Å². The molecule has 0 aromatic carbocycles. The second-order valence-electron chi connectivity index (χ2n) is 0.469. The summed E-state index contributed by atoms with van der Waals surface area (Å²) in [5.41, 5.74) is 0. The molecule has 0 radical (unpaired) electrons. The fraction of sp³-hybridized carbons (Fsp3) is 0. The third kappa shape index (κ3) is 420. The predicted molar refractivity (Wildman–Crippen MR) is 32.2 cm³/mol. The molecule has 0 spiro atoms. The van der Waals surface area contributed by atoms with E-state index in [1.54, 1.807) is 0 Å². The Morgan fingerprint density at radius 2 is 1.30 bits per heavy atom. The molecule has 0 unspecified atom stereocenters. The summed E-state index contributed by atoms with van der Waals surface area (Å²) >= 11 is -2.61. The smallest absolute Gasteiger partial charge is 0.299 e. The molecular formula is H9N3O6S. The van der Waals surface area contributed by atoms with Gasteiger partial charge in [0.2, 0.25) is 0 Å². The lowest BCUT2D eigenvalue weighted by atomic mass is 13.1. The number of hydrogen-bond acceptors (Lipinski definition) is 5. The second kappa shape index (κ2) is 15.7. The number of hydrogen-bond donors (Lipinski definition) is 5. The topological polar surface area (TPSA) is 191 Å². The Morgan fingerprint density at radius 3 is 1.30 bits per heavy atom. The Morgan fingerprint density at radius 1 is 1.30 bits per heavy atom.